The van der Waals surface area contributed by atoms with Gasteiger partial charge < -0.3 is 4.74 Å². The monoisotopic (exact) mass is 430 g/mol. The number of aryl methyl sites for hydroxylation is 1. The van der Waals surface area contributed by atoms with Gasteiger partial charge in [0.25, 0.3) is 5.91 Å². The zero-order valence-corrected chi connectivity index (χ0v) is 15.2. The van der Waals surface area contributed by atoms with Crippen LogP contribution in [0.2, 0.25) is 0 Å². The lowest BCUT2D eigenvalue weighted by Gasteiger charge is -2.04. The van der Waals surface area contributed by atoms with Crippen LogP contribution in [0.25, 0.3) is 0 Å². The Kier molecular flexibility index (Phi) is 5.90. The van der Waals surface area contributed by atoms with Crippen LogP contribution in [0.3, 0.4) is 0 Å². The highest BCUT2D eigenvalue weighted by molar-refractivity contribution is 14.1. The SMILES string of the molecule is CCOC(=O)Cc1csc(NC(=O)c2ccc(I)c(C)c2)n1. The average molecular weight is 430 g/mol. The quantitative estimate of drug-likeness (QED) is 0.583. The van der Waals surface area contributed by atoms with Gasteiger partial charge in [-0.2, -0.15) is 0 Å². The largest absolute Gasteiger partial charge is 0.466 e. The van der Waals surface area contributed by atoms with Gasteiger partial charge >= 0.3 is 5.97 Å². The van der Waals surface area contributed by atoms with Crippen molar-refractivity contribution in [2.24, 2.45) is 0 Å². The van der Waals surface area contributed by atoms with E-state index in [1.807, 2.05) is 19.1 Å². The van der Waals surface area contributed by atoms with E-state index in [9.17, 15) is 9.59 Å². The molecule has 1 N–H and O–H groups in total. The predicted octanol–water partition coefficient (Wildman–Crippen LogP) is 3.41. The van der Waals surface area contributed by atoms with E-state index in [0.29, 0.717) is 23.0 Å². The molecule has 5 nitrogen and oxygen atoms in total. The summed E-state index contributed by atoms with van der Waals surface area (Å²) in [4.78, 5) is 27.8. The molecule has 0 saturated carbocycles. The Morgan fingerprint density at radius 1 is 1.41 bits per heavy atom. The van der Waals surface area contributed by atoms with E-state index in [1.54, 1.807) is 18.4 Å². The maximum atomic E-state index is 12.2. The van der Waals surface area contributed by atoms with Gasteiger partial charge in [0.15, 0.2) is 5.13 Å². The van der Waals surface area contributed by atoms with Crippen molar-refractivity contribution in [1.82, 2.24) is 4.98 Å². The zero-order valence-electron chi connectivity index (χ0n) is 12.2. The molecule has 1 amide bonds. The molecule has 0 spiro atoms. The summed E-state index contributed by atoms with van der Waals surface area (Å²) in [7, 11) is 0. The fourth-order valence-corrected chi connectivity index (χ4v) is 2.80. The number of carbonyl (C=O) groups is 2. The van der Waals surface area contributed by atoms with Gasteiger partial charge in [-0.05, 0) is 60.2 Å². The second-order valence-corrected chi connectivity index (χ2v) is 6.56. The number of anilines is 1. The van der Waals surface area contributed by atoms with Gasteiger partial charge in [-0.25, -0.2) is 4.98 Å². The Hall–Kier alpha value is -1.48. The number of benzene rings is 1. The first-order valence-electron chi connectivity index (χ1n) is 6.67. The minimum absolute atomic E-state index is 0.114. The summed E-state index contributed by atoms with van der Waals surface area (Å²) in [5, 5.41) is 4.96. The molecule has 1 heterocycles. The van der Waals surface area contributed by atoms with Crippen molar-refractivity contribution < 1.29 is 14.3 Å². The Labute approximate surface area is 146 Å². The molecule has 0 radical (unpaired) electrons. The van der Waals surface area contributed by atoms with Crippen LogP contribution >= 0.6 is 33.9 Å². The number of carbonyl (C=O) groups excluding carboxylic acids is 2. The molecule has 0 fully saturated rings. The molecule has 22 heavy (non-hydrogen) atoms. The molecule has 116 valence electrons. The number of hydrogen-bond acceptors (Lipinski definition) is 5. The average Bonchev–Trinajstić information content (AvgIpc) is 2.89. The number of amides is 1. The maximum Gasteiger partial charge on any atom is 0.311 e. The van der Waals surface area contributed by atoms with E-state index in [-0.39, 0.29) is 18.3 Å². The van der Waals surface area contributed by atoms with Crippen molar-refractivity contribution in [2.45, 2.75) is 20.3 Å². The lowest BCUT2D eigenvalue weighted by molar-refractivity contribution is -0.142. The first-order chi connectivity index (χ1) is 10.5. The minimum Gasteiger partial charge on any atom is -0.466 e. The van der Waals surface area contributed by atoms with Gasteiger partial charge in [0, 0.05) is 14.5 Å². The van der Waals surface area contributed by atoms with Crippen LogP contribution in [-0.4, -0.2) is 23.5 Å². The number of rotatable bonds is 5. The molecule has 2 rings (SSSR count). The molecular weight excluding hydrogens is 415 g/mol. The van der Waals surface area contributed by atoms with Gasteiger partial charge in [-0.3, -0.25) is 14.9 Å². The third-order valence-electron chi connectivity index (χ3n) is 2.82. The number of nitrogens with zero attached hydrogens (tertiary/aromatic N) is 1. The van der Waals surface area contributed by atoms with Crippen molar-refractivity contribution in [3.63, 3.8) is 0 Å². The van der Waals surface area contributed by atoms with Gasteiger partial charge in [-0.15, -0.1) is 11.3 Å². The molecule has 1 aromatic heterocycles. The van der Waals surface area contributed by atoms with E-state index in [0.717, 1.165) is 9.13 Å². The number of hydrogen-bond donors (Lipinski definition) is 1. The lowest BCUT2D eigenvalue weighted by atomic mass is 10.1. The normalized spacial score (nSPS) is 10.3. The minimum atomic E-state index is -0.320. The number of ether oxygens (including phenoxy) is 1. The van der Waals surface area contributed by atoms with Crippen LogP contribution in [0.4, 0.5) is 5.13 Å². The molecule has 0 bridgehead atoms. The van der Waals surface area contributed by atoms with Crippen molar-refractivity contribution >= 4 is 50.9 Å². The van der Waals surface area contributed by atoms with E-state index in [1.165, 1.54) is 11.3 Å². The van der Waals surface area contributed by atoms with Crippen LogP contribution in [-0.2, 0) is 16.0 Å². The van der Waals surface area contributed by atoms with Crippen LogP contribution in [0.5, 0.6) is 0 Å². The third kappa shape index (κ3) is 4.51. The molecule has 0 atom stereocenters. The second kappa shape index (κ2) is 7.68. The highest BCUT2D eigenvalue weighted by atomic mass is 127. The molecule has 0 unspecified atom stereocenters. The molecule has 7 heteroatoms. The Bertz CT molecular complexity index is 700. The van der Waals surface area contributed by atoms with Gasteiger partial charge in [0.05, 0.1) is 18.7 Å². The van der Waals surface area contributed by atoms with E-state index < -0.39 is 0 Å². The van der Waals surface area contributed by atoms with Crippen molar-refractivity contribution in [3.8, 4) is 0 Å². The standard InChI is InChI=1S/C15H15IN2O3S/c1-3-21-13(19)7-11-8-22-15(17-11)18-14(20)10-4-5-12(16)9(2)6-10/h4-6,8H,3,7H2,1-2H3,(H,17,18,20). The summed E-state index contributed by atoms with van der Waals surface area (Å²) in [6, 6.07) is 5.51. The van der Waals surface area contributed by atoms with E-state index in [2.05, 4.69) is 32.9 Å². The van der Waals surface area contributed by atoms with E-state index in [4.69, 9.17) is 4.74 Å². The van der Waals surface area contributed by atoms with Crippen LogP contribution in [0, 0.1) is 10.5 Å². The summed E-state index contributed by atoms with van der Waals surface area (Å²) in [5.74, 6) is -0.532. The fraction of sp³-hybridized carbons (Fsp3) is 0.267. The first-order valence-corrected chi connectivity index (χ1v) is 8.63. The summed E-state index contributed by atoms with van der Waals surface area (Å²) in [6.07, 6.45) is 0.114. The molecule has 0 aliphatic rings. The smallest absolute Gasteiger partial charge is 0.311 e. The third-order valence-corrected chi connectivity index (χ3v) is 4.84. The maximum absolute atomic E-state index is 12.2. The van der Waals surface area contributed by atoms with Crippen LogP contribution in [0.15, 0.2) is 23.6 Å². The van der Waals surface area contributed by atoms with Crippen LogP contribution < -0.4 is 5.32 Å². The Balaban J connectivity index is 2.01. The predicted molar refractivity (Wildman–Crippen MR) is 94.3 cm³/mol. The topological polar surface area (TPSA) is 68.3 Å². The summed E-state index contributed by atoms with van der Waals surface area (Å²) >= 11 is 3.51. The van der Waals surface area contributed by atoms with E-state index >= 15 is 0 Å². The summed E-state index contributed by atoms with van der Waals surface area (Å²) in [5.41, 5.74) is 2.23. The van der Waals surface area contributed by atoms with Crippen molar-refractivity contribution in [1.29, 1.82) is 0 Å². The number of nitrogens with one attached hydrogen (secondary N) is 1. The number of esters is 1. The number of aromatic nitrogens is 1. The zero-order chi connectivity index (χ0) is 16.1. The first kappa shape index (κ1) is 16.9. The highest BCUT2D eigenvalue weighted by Gasteiger charge is 2.12. The van der Waals surface area contributed by atoms with Crippen molar-refractivity contribution in [3.05, 3.63) is 44.0 Å². The number of halogens is 1. The molecule has 2 aromatic rings. The van der Waals surface area contributed by atoms with Crippen LogP contribution in [0.1, 0.15) is 28.5 Å². The van der Waals surface area contributed by atoms with Crippen molar-refractivity contribution in [2.75, 3.05) is 11.9 Å². The Morgan fingerprint density at radius 2 is 2.18 bits per heavy atom. The molecule has 0 aliphatic heterocycles. The molecule has 1 aromatic carbocycles. The number of thiazole rings is 1. The Morgan fingerprint density at radius 3 is 2.86 bits per heavy atom. The summed E-state index contributed by atoms with van der Waals surface area (Å²) < 4.78 is 5.98. The van der Waals surface area contributed by atoms with Gasteiger partial charge in [0.2, 0.25) is 0 Å². The second-order valence-electron chi connectivity index (χ2n) is 4.54. The van der Waals surface area contributed by atoms with Gasteiger partial charge in [-0.1, -0.05) is 0 Å². The highest BCUT2D eigenvalue weighted by Crippen LogP contribution is 2.18. The van der Waals surface area contributed by atoms with Gasteiger partial charge in [0.1, 0.15) is 0 Å². The molecule has 0 aliphatic carbocycles. The lowest BCUT2D eigenvalue weighted by Crippen LogP contribution is -2.12. The summed E-state index contributed by atoms with van der Waals surface area (Å²) in [6.45, 7) is 4.06. The fourth-order valence-electron chi connectivity index (χ4n) is 1.76. The molecule has 0 saturated heterocycles. The molecular formula is C15H15IN2O3S.